The first-order chi connectivity index (χ1) is 13.8. The Balaban J connectivity index is 1.66. The van der Waals surface area contributed by atoms with Crippen molar-refractivity contribution >= 4 is 5.91 Å². The number of hydrogen-bond acceptors (Lipinski definition) is 3. The predicted molar refractivity (Wildman–Crippen MR) is 109 cm³/mol. The lowest BCUT2D eigenvalue weighted by molar-refractivity contribution is 0.0513. The number of aromatic hydroxyl groups is 1. The van der Waals surface area contributed by atoms with E-state index < -0.39 is 11.6 Å². The van der Waals surface area contributed by atoms with Gasteiger partial charge in [0.1, 0.15) is 0 Å². The van der Waals surface area contributed by atoms with Crippen LogP contribution in [0.15, 0.2) is 41.2 Å². The van der Waals surface area contributed by atoms with E-state index in [2.05, 4.69) is 13.8 Å². The molecule has 154 valence electrons. The number of phenolic OH excluding ortho intramolecular Hbond substituents is 1. The lowest BCUT2D eigenvalue weighted by Crippen LogP contribution is -2.51. The van der Waals surface area contributed by atoms with Crippen LogP contribution in [0.1, 0.15) is 61.1 Å². The zero-order valence-corrected chi connectivity index (χ0v) is 16.8. The molecule has 1 amide bonds. The zero-order valence-electron chi connectivity index (χ0n) is 16.8. The molecule has 0 spiro atoms. The average molecular weight is 398 g/mol. The Kier molecular flexibility index (Phi) is 5.19. The number of pyridine rings is 1. The molecule has 6 heteroatoms. The highest BCUT2D eigenvalue weighted by molar-refractivity contribution is 5.94. The molecule has 0 saturated carbocycles. The standard InChI is InChI=1S/C23H27FN2O3/c1-14(2)6-8-20-17-10-16(19-4-3-5-22(28)26(19)20)12-25(13-17)23(29)15-7-9-21(27)18(24)11-15/h3-5,7,9,11,14,16-17,20,27H,6,8,10,12-13H2,1-2H3/t16-,17+,20+/m1/s1. The minimum absolute atomic E-state index is 0.0336. The van der Waals surface area contributed by atoms with E-state index in [-0.39, 0.29) is 34.9 Å². The number of hydrogen-bond donors (Lipinski definition) is 1. The first-order valence-electron chi connectivity index (χ1n) is 10.3. The summed E-state index contributed by atoms with van der Waals surface area (Å²) < 4.78 is 15.7. The van der Waals surface area contributed by atoms with Gasteiger partial charge in [0.15, 0.2) is 11.6 Å². The molecule has 2 aromatic rings. The Morgan fingerprint density at radius 2 is 2.03 bits per heavy atom. The number of carbonyl (C=O) groups excluding carboxylic acids is 1. The van der Waals surface area contributed by atoms with Crippen LogP contribution in [0.2, 0.25) is 0 Å². The molecule has 1 aromatic heterocycles. The van der Waals surface area contributed by atoms with Gasteiger partial charge in [-0.1, -0.05) is 19.9 Å². The van der Waals surface area contributed by atoms with Crippen molar-refractivity contribution in [1.82, 2.24) is 9.47 Å². The topological polar surface area (TPSA) is 62.5 Å². The fourth-order valence-electron chi connectivity index (χ4n) is 4.90. The molecule has 1 aromatic carbocycles. The first-order valence-corrected chi connectivity index (χ1v) is 10.3. The van der Waals surface area contributed by atoms with E-state index in [1.54, 1.807) is 17.0 Å². The number of nitrogens with zero attached hydrogens (tertiary/aromatic N) is 2. The third-order valence-corrected chi connectivity index (χ3v) is 6.32. The molecule has 4 rings (SSSR count). The van der Waals surface area contributed by atoms with Crippen LogP contribution < -0.4 is 5.56 Å². The van der Waals surface area contributed by atoms with Crippen molar-refractivity contribution in [2.75, 3.05) is 13.1 Å². The smallest absolute Gasteiger partial charge is 0.253 e. The summed E-state index contributed by atoms with van der Waals surface area (Å²) in [6.45, 7) is 5.42. The summed E-state index contributed by atoms with van der Waals surface area (Å²) >= 11 is 0. The summed E-state index contributed by atoms with van der Waals surface area (Å²) in [5, 5.41) is 9.41. The maximum absolute atomic E-state index is 13.8. The molecule has 3 heterocycles. The first kappa shape index (κ1) is 19.7. The number of piperidine rings is 1. The second-order valence-corrected chi connectivity index (χ2v) is 8.77. The lowest BCUT2D eigenvalue weighted by atomic mass is 9.76. The fraction of sp³-hybridized carbons (Fsp3) is 0.478. The monoisotopic (exact) mass is 398 g/mol. The van der Waals surface area contributed by atoms with Crippen LogP contribution in [0, 0.1) is 17.7 Å². The number of halogens is 1. The molecule has 1 fully saturated rings. The summed E-state index contributed by atoms with van der Waals surface area (Å²) in [6, 6.07) is 9.26. The van der Waals surface area contributed by atoms with Crippen molar-refractivity contribution in [2.45, 2.75) is 45.1 Å². The van der Waals surface area contributed by atoms with Gasteiger partial charge in [0.2, 0.25) is 0 Å². The minimum atomic E-state index is -0.792. The molecule has 0 radical (unpaired) electrons. The molecular weight excluding hydrogens is 371 g/mol. The second kappa shape index (κ2) is 7.65. The van der Waals surface area contributed by atoms with Crippen LogP contribution in [-0.4, -0.2) is 33.6 Å². The quantitative estimate of drug-likeness (QED) is 0.849. The molecule has 0 aliphatic carbocycles. The maximum atomic E-state index is 13.8. The van der Waals surface area contributed by atoms with E-state index in [4.69, 9.17) is 0 Å². The van der Waals surface area contributed by atoms with Crippen molar-refractivity contribution < 1.29 is 14.3 Å². The van der Waals surface area contributed by atoms with Crippen LogP contribution >= 0.6 is 0 Å². The predicted octanol–water partition coefficient (Wildman–Crippen LogP) is 3.93. The molecule has 5 nitrogen and oxygen atoms in total. The fourth-order valence-corrected chi connectivity index (χ4v) is 4.90. The van der Waals surface area contributed by atoms with Gasteiger partial charge in [-0.15, -0.1) is 0 Å². The van der Waals surface area contributed by atoms with E-state index in [1.807, 2.05) is 10.6 Å². The van der Waals surface area contributed by atoms with Crippen LogP contribution in [0.4, 0.5) is 4.39 Å². The lowest BCUT2D eigenvalue weighted by Gasteiger charge is -2.47. The molecule has 0 unspecified atom stereocenters. The number of fused-ring (bicyclic) bond motifs is 4. The highest BCUT2D eigenvalue weighted by Gasteiger charge is 2.41. The van der Waals surface area contributed by atoms with Crippen LogP contribution in [0.5, 0.6) is 5.75 Å². The summed E-state index contributed by atoms with van der Waals surface area (Å²) in [4.78, 5) is 27.5. The summed E-state index contributed by atoms with van der Waals surface area (Å²) in [5.41, 5.74) is 1.27. The summed E-state index contributed by atoms with van der Waals surface area (Å²) in [5.74, 6) is -0.640. The number of phenols is 1. The normalized spacial score (nSPS) is 23.2. The summed E-state index contributed by atoms with van der Waals surface area (Å²) in [6.07, 6.45) is 2.88. The Labute approximate surface area is 169 Å². The number of amides is 1. The van der Waals surface area contributed by atoms with Gasteiger partial charge in [0, 0.05) is 42.4 Å². The average Bonchev–Trinajstić information content (AvgIpc) is 2.69. The van der Waals surface area contributed by atoms with Gasteiger partial charge < -0.3 is 14.6 Å². The van der Waals surface area contributed by atoms with Crippen molar-refractivity contribution in [1.29, 1.82) is 0 Å². The Bertz CT molecular complexity index is 984. The van der Waals surface area contributed by atoms with Gasteiger partial charge in [-0.2, -0.15) is 0 Å². The van der Waals surface area contributed by atoms with E-state index in [1.165, 1.54) is 12.1 Å². The second-order valence-electron chi connectivity index (χ2n) is 8.77. The molecule has 2 aliphatic rings. The minimum Gasteiger partial charge on any atom is -0.505 e. The van der Waals surface area contributed by atoms with Gasteiger partial charge in [0.05, 0.1) is 0 Å². The van der Waals surface area contributed by atoms with Crippen molar-refractivity contribution in [3.8, 4) is 5.75 Å². The zero-order chi connectivity index (χ0) is 20.7. The summed E-state index contributed by atoms with van der Waals surface area (Å²) in [7, 11) is 0. The number of rotatable bonds is 4. The van der Waals surface area contributed by atoms with Gasteiger partial charge in [-0.3, -0.25) is 9.59 Å². The maximum Gasteiger partial charge on any atom is 0.253 e. The third-order valence-electron chi connectivity index (χ3n) is 6.32. The van der Waals surface area contributed by atoms with Gasteiger partial charge in [0.25, 0.3) is 11.5 Å². The highest BCUT2D eigenvalue weighted by atomic mass is 19.1. The molecule has 1 saturated heterocycles. The largest absolute Gasteiger partial charge is 0.505 e. The van der Waals surface area contributed by atoms with Crippen LogP contribution in [-0.2, 0) is 0 Å². The molecular formula is C23H27FN2O3. The van der Waals surface area contributed by atoms with Gasteiger partial charge in [-0.05, 0) is 55.4 Å². The van der Waals surface area contributed by atoms with E-state index in [0.29, 0.717) is 19.0 Å². The highest BCUT2D eigenvalue weighted by Crippen LogP contribution is 2.43. The number of carbonyl (C=O) groups is 1. The van der Waals surface area contributed by atoms with E-state index in [9.17, 15) is 19.1 Å². The molecule has 2 aliphatic heterocycles. The number of benzene rings is 1. The van der Waals surface area contributed by atoms with Crippen molar-refractivity contribution in [2.24, 2.45) is 11.8 Å². The molecule has 3 atom stereocenters. The van der Waals surface area contributed by atoms with Crippen molar-refractivity contribution in [3.63, 3.8) is 0 Å². The van der Waals surface area contributed by atoms with E-state index in [0.717, 1.165) is 31.0 Å². The SMILES string of the molecule is CC(C)CC[C@H]1[C@H]2C[C@H](CN(C(=O)c3ccc(O)c(F)c3)C2)c2cccc(=O)n21. The number of aromatic nitrogens is 1. The Morgan fingerprint density at radius 3 is 2.76 bits per heavy atom. The van der Waals surface area contributed by atoms with Crippen LogP contribution in [0.25, 0.3) is 0 Å². The Morgan fingerprint density at radius 1 is 1.24 bits per heavy atom. The van der Waals surface area contributed by atoms with Crippen LogP contribution in [0.3, 0.4) is 0 Å². The Hall–Kier alpha value is -2.63. The molecule has 1 N–H and O–H groups in total. The molecule has 29 heavy (non-hydrogen) atoms. The van der Waals surface area contributed by atoms with E-state index >= 15 is 0 Å². The van der Waals surface area contributed by atoms with Crippen molar-refractivity contribution in [3.05, 3.63) is 63.8 Å². The van der Waals surface area contributed by atoms with Gasteiger partial charge >= 0.3 is 0 Å². The molecule has 2 bridgehead atoms. The third kappa shape index (κ3) is 3.68. The van der Waals surface area contributed by atoms with Gasteiger partial charge in [-0.25, -0.2) is 4.39 Å². The number of likely N-dealkylation sites (tertiary alicyclic amines) is 1.